The Labute approximate surface area is 161 Å². The number of rotatable bonds is 8. The minimum absolute atomic E-state index is 0.0524. The van der Waals surface area contributed by atoms with Gasteiger partial charge in [-0.15, -0.1) is 11.3 Å². The molecule has 1 atom stereocenters. The lowest BCUT2D eigenvalue weighted by atomic mass is 10.2. The predicted octanol–water partition coefficient (Wildman–Crippen LogP) is 2.41. The molecule has 0 fully saturated rings. The van der Waals surface area contributed by atoms with Crippen LogP contribution in [-0.2, 0) is 25.5 Å². The number of nitrogens with zero attached hydrogens (tertiary/aromatic N) is 1. The monoisotopic (exact) mass is 387 g/mol. The minimum Gasteiger partial charge on any atom is -0.466 e. The van der Waals surface area contributed by atoms with Crippen LogP contribution in [0.4, 0.5) is 5.13 Å². The van der Waals surface area contributed by atoms with Crippen molar-refractivity contribution in [2.24, 2.45) is 0 Å². The molecule has 0 spiro atoms. The lowest BCUT2D eigenvalue weighted by Gasteiger charge is -2.11. The smallest absolute Gasteiger partial charge is 0.311 e. The number of nitrogens with one attached hydrogen (secondary N) is 2. The van der Waals surface area contributed by atoms with Crippen LogP contribution in [0, 0.1) is 0 Å². The Morgan fingerprint density at radius 1 is 1.26 bits per heavy atom. The molecule has 2 amide bonds. The van der Waals surface area contributed by atoms with E-state index in [0.29, 0.717) is 17.4 Å². The number of aromatic nitrogens is 1. The average Bonchev–Trinajstić information content (AvgIpc) is 3.07. The molecule has 142 valence electrons. The SMILES string of the molecule is CCOC(=O)Cc1csc(NC(=O)[C@@H](C)NC(=O)/C=C/c2ccccc2)n1. The lowest BCUT2D eigenvalue weighted by Crippen LogP contribution is -2.40. The molecule has 2 aromatic rings. The van der Waals surface area contributed by atoms with E-state index in [2.05, 4.69) is 15.6 Å². The molecule has 0 saturated carbocycles. The van der Waals surface area contributed by atoms with E-state index >= 15 is 0 Å². The number of ether oxygens (including phenoxy) is 1. The first-order chi connectivity index (χ1) is 13.0. The largest absolute Gasteiger partial charge is 0.466 e. The highest BCUT2D eigenvalue weighted by Crippen LogP contribution is 2.16. The summed E-state index contributed by atoms with van der Waals surface area (Å²) in [7, 11) is 0. The summed E-state index contributed by atoms with van der Waals surface area (Å²) in [4.78, 5) is 39.7. The van der Waals surface area contributed by atoms with E-state index in [1.807, 2.05) is 30.3 Å². The van der Waals surface area contributed by atoms with E-state index in [9.17, 15) is 14.4 Å². The highest BCUT2D eigenvalue weighted by molar-refractivity contribution is 7.13. The van der Waals surface area contributed by atoms with Gasteiger partial charge in [-0.2, -0.15) is 0 Å². The Balaban J connectivity index is 1.83. The molecule has 0 bridgehead atoms. The van der Waals surface area contributed by atoms with Crippen molar-refractivity contribution in [3.8, 4) is 0 Å². The molecule has 0 unspecified atom stereocenters. The van der Waals surface area contributed by atoms with Crippen LogP contribution in [0.15, 0.2) is 41.8 Å². The predicted molar refractivity (Wildman–Crippen MR) is 104 cm³/mol. The van der Waals surface area contributed by atoms with Gasteiger partial charge in [-0.05, 0) is 25.5 Å². The van der Waals surface area contributed by atoms with Gasteiger partial charge in [0.25, 0.3) is 0 Å². The van der Waals surface area contributed by atoms with Crippen LogP contribution in [0.3, 0.4) is 0 Å². The molecule has 1 aromatic carbocycles. The molecule has 2 rings (SSSR count). The van der Waals surface area contributed by atoms with Gasteiger partial charge in [0.2, 0.25) is 11.8 Å². The normalized spacial score (nSPS) is 11.8. The molecule has 0 aliphatic heterocycles. The van der Waals surface area contributed by atoms with Crippen LogP contribution in [-0.4, -0.2) is 35.4 Å². The van der Waals surface area contributed by atoms with Gasteiger partial charge in [-0.25, -0.2) is 4.98 Å². The fourth-order valence-electron chi connectivity index (χ4n) is 2.08. The van der Waals surface area contributed by atoms with Crippen molar-refractivity contribution >= 4 is 40.3 Å². The van der Waals surface area contributed by atoms with Gasteiger partial charge in [0.05, 0.1) is 18.7 Å². The molecule has 1 aromatic heterocycles. The molecule has 27 heavy (non-hydrogen) atoms. The number of carbonyl (C=O) groups is 3. The molecule has 0 aliphatic rings. The minimum atomic E-state index is -0.740. The van der Waals surface area contributed by atoms with Crippen LogP contribution >= 0.6 is 11.3 Å². The second-order valence-electron chi connectivity index (χ2n) is 5.59. The summed E-state index contributed by atoms with van der Waals surface area (Å²) >= 11 is 1.20. The molecule has 0 saturated heterocycles. The Hall–Kier alpha value is -3.00. The van der Waals surface area contributed by atoms with E-state index in [-0.39, 0.29) is 18.3 Å². The quantitative estimate of drug-likeness (QED) is 0.535. The maximum absolute atomic E-state index is 12.2. The van der Waals surface area contributed by atoms with Crippen molar-refractivity contribution in [2.75, 3.05) is 11.9 Å². The average molecular weight is 387 g/mol. The van der Waals surface area contributed by atoms with Crippen LogP contribution in [0.5, 0.6) is 0 Å². The van der Waals surface area contributed by atoms with E-state index in [1.54, 1.807) is 25.3 Å². The van der Waals surface area contributed by atoms with Crippen molar-refractivity contribution in [3.63, 3.8) is 0 Å². The Morgan fingerprint density at radius 2 is 2.00 bits per heavy atom. The number of hydrogen-bond acceptors (Lipinski definition) is 6. The maximum atomic E-state index is 12.2. The first kappa shape index (κ1) is 20.3. The van der Waals surface area contributed by atoms with Crippen LogP contribution < -0.4 is 10.6 Å². The van der Waals surface area contributed by atoms with Gasteiger partial charge in [-0.1, -0.05) is 30.3 Å². The summed E-state index contributed by atoms with van der Waals surface area (Å²) in [5.41, 5.74) is 1.41. The second kappa shape index (κ2) is 10.2. The summed E-state index contributed by atoms with van der Waals surface area (Å²) < 4.78 is 4.86. The molecule has 0 radical (unpaired) electrons. The van der Waals surface area contributed by atoms with Crippen molar-refractivity contribution in [1.29, 1.82) is 0 Å². The zero-order valence-electron chi connectivity index (χ0n) is 15.1. The van der Waals surface area contributed by atoms with Crippen LogP contribution in [0.2, 0.25) is 0 Å². The fraction of sp³-hybridized carbons (Fsp3) is 0.263. The standard InChI is InChI=1S/C19H21N3O4S/c1-3-26-17(24)11-15-12-27-19(21-15)22-18(25)13(2)20-16(23)10-9-14-7-5-4-6-8-14/h4-10,12-13H,3,11H2,1-2H3,(H,20,23)(H,21,22,25)/b10-9+/t13-/m1/s1. The van der Waals surface area contributed by atoms with Crippen molar-refractivity contribution in [3.05, 3.63) is 53.0 Å². The highest BCUT2D eigenvalue weighted by atomic mass is 32.1. The molecule has 2 N–H and O–H groups in total. The molecule has 1 heterocycles. The van der Waals surface area contributed by atoms with Crippen molar-refractivity contribution in [2.45, 2.75) is 26.3 Å². The number of amides is 2. The molecule has 7 nitrogen and oxygen atoms in total. The number of anilines is 1. The third kappa shape index (κ3) is 7.02. The van der Waals surface area contributed by atoms with E-state index in [0.717, 1.165) is 5.56 Å². The lowest BCUT2D eigenvalue weighted by molar-refractivity contribution is -0.142. The summed E-state index contributed by atoms with van der Waals surface area (Å²) in [6, 6.07) is 8.64. The summed E-state index contributed by atoms with van der Waals surface area (Å²) in [6.07, 6.45) is 3.10. The summed E-state index contributed by atoms with van der Waals surface area (Å²) in [6.45, 7) is 3.62. The Kier molecular flexibility index (Phi) is 7.69. The fourth-order valence-corrected chi connectivity index (χ4v) is 2.80. The van der Waals surface area contributed by atoms with Crippen molar-refractivity contribution in [1.82, 2.24) is 10.3 Å². The number of thiazole rings is 1. The van der Waals surface area contributed by atoms with Crippen molar-refractivity contribution < 1.29 is 19.1 Å². The maximum Gasteiger partial charge on any atom is 0.311 e. The Bertz CT molecular complexity index is 817. The molecule has 0 aliphatic carbocycles. The van der Waals surface area contributed by atoms with E-state index < -0.39 is 11.9 Å². The number of benzene rings is 1. The zero-order valence-corrected chi connectivity index (χ0v) is 15.9. The highest BCUT2D eigenvalue weighted by Gasteiger charge is 2.16. The van der Waals surface area contributed by atoms with Crippen LogP contribution in [0.25, 0.3) is 6.08 Å². The molecular weight excluding hydrogens is 366 g/mol. The van der Waals surface area contributed by atoms with Gasteiger partial charge in [0, 0.05) is 11.5 Å². The third-order valence-electron chi connectivity index (χ3n) is 3.39. The van der Waals surface area contributed by atoms with Gasteiger partial charge < -0.3 is 15.4 Å². The van der Waals surface area contributed by atoms with E-state index in [4.69, 9.17) is 4.74 Å². The van der Waals surface area contributed by atoms with Crippen LogP contribution in [0.1, 0.15) is 25.1 Å². The number of hydrogen-bond donors (Lipinski definition) is 2. The second-order valence-corrected chi connectivity index (χ2v) is 6.45. The van der Waals surface area contributed by atoms with E-state index in [1.165, 1.54) is 17.4 Å². The molecular formula is C19H21N3O4S. The molecule has 8 heteroatoms. The number of esters is 1. The van der Waals surface area contributed by atoms with Gasteiger partial charge >= 0.3 is 5.97 Å². The summed E-state index contributed by atoms with van der Waals surface area (Å²) in [5.74, 6) is -1.14. The zero-order chi connectivity index (χ0) is 19.6. The topological polar surface area (TPSA) is 97.4 Å². The number of carbonyl (C=O) groups excluding carboxylic acids is 3. The van der Waals surface area contributed by atoms with Gasteiger partial charge in [0.1, 0.15) is 6.04 Å². The Morgan fingerprint density at radius 3 is 2.70 bits per heavy atom. The van der Waals surface area contributed by atoms with Gasteiger partial charge in [0.15, 0.2) is 5.13 Å². The third-order valence-corrected chi connectivity index (χ3v) is 4.20. The first-order valence-corrected chi connectivity index (χ1v) is 9.30. The summed E-state index contributed by atoms with van der Waals surface area (Å²) in [5, 5.41) is 7.26. The first-order valence-electron chi connectivity index (χ1n) is 8.42. The van der Waals surface area contributed by atoms with Gasteiger partial charge in [-0.3, -0.25) is 14.4 Å².